The first-order valence-corrected chi connectivity index (χ1v) is 4.29. The third-order valence-electron chi connectivity index (χ3n) is 1.69. The molecular weight excluding hydrogens is 146 g/mol. The Kier molecular flexibility index (Phi) is 5.18. The molecule has 0 heterocycles. The standard InChI is InChI=1S/C11H19N/c1-6-10(4)7-11(8-12-5)9(2)3/h6-9,12H,1H2,2-5H3/b10-7-,11-8+. The summed E-state index contributed by atoms with van der Waals surface area (Å²) in [6.07, 6.45) is 6.04. The largest absolute Gasteiger partial charge is 0.394 e. The third-order valence-corrected chi connectivity index (χ3v) is 1.69. The van der Waals surface area contributed by atoms with E-state index in [1.807, 2.05) is 19.3 Å². The van der Waals surface area contributed by atoms with E-state index in [2.05, 4.69) is 38.7 Å². The SMILES string of the molecule is C=C/C(C)=C\C(=C/NC)C(C)C. The molecule has 0 amide bonds. The molecule has 0 radical (unpaired) electrons. The van der Waals surface area contributed by atoms with Gasteiger partial charge in [0, 0.05) is 7.05 Å². The van der Waals surface area contributed by atoms with Gasteiger partial charge < -0.3 is 5.32 Å². The van der Waals surface area contributed by atoms with Gasteiger partial charge in [-0.25, -0.2) is 0 Å². The van der Waals surface area contributed by atoms with Crippen LogP contribution in [0.5, 0.6) is 0 Å². The van der Waals surface area contributed by atoms with Crippen molar-refractivity contribution in [1.82, 2.24) is 5.32 Å². The van der Waals surface area contributed by atoms with E-state index in [-0.39, 0.29) is 0 Å². The van der Waals surface area contributed by atoms with Crippen molar-refractivity contribution in [2.24, 2.45) is 5.92 Å². The molecule has 12 heavy (non-hydrogen) atoms. The van der Waals surface area contributed by atoms with Crippen molar-refractivity contribution >= 4 is 0 Å². The zero-order valence-electron chi connectivity index (χ0n) is 8.52. The number of allylic oxidation sites excluding steroid dienone is 4. The van der Waals surface area contributed by atoms with Gasteiger partial charge in [-0.1, -0.05) is 38.2 Å². The molecule has 0 aliphatic rings. The highest BCUT2D eigenvalue weighted by atomic mass is 14.8. The van der Waals surface area contributed by atoms with Crippen molar-refractivity contribution in [3.63, 3.8) is 0 Å². The average molecular weight is 165 g/mol. The normalized spacial score (nSPS) is 13.4. The molecule has 0 rings (SSSR count). The zero-order chi connectivity index (χ0) is 9.56. The maximum absolute atomic E-state index is 3.72. The zero-order valence-corrected chi connectivity index (χ0v) is 8.52. The van der Waals surface area contributed by atoms with E-state index >= 15 is 0 Å². The predicted octanol–water partition coefficient (Wildman–Crippen LogP) is 2.88. The molecule has 0 aromatic rings. The monoisotopic (exact) mass is 165 g/mol. The summed E-state index contributed by atoms with van der Waals surface area (Å²) in [5, 5.41) is 3.04. The van der Waals surface area contributed by atoms with Crippen LogP contribution in [-0.4, -0.2) is 7.05 Å². The molecule has 0 saturated heterocycles. The fourth-order valence-electron chi connectivity index (χ4n) is 0.863. The van der Waals surface area contributed by atoms with Crippen molar-refractivity contribution in [3.05, 3.63) is 36.1 Å². The molecule has 0 bridgehead atoms. The number of nitrogens with one attached hydrogen (secondary N) is 1. The summed E-state index contributed by atoms with van der Waals surface area (Å²) in [6, 6.07) is 0. The van der Waals surface area contributed by atoms with Gasteiger partial charge in [0.15, 0.2) is 0 Å². The van der Waals surface area contributed by atoms with Gasteiger partial charge >= 0.3 is 0 Å². The smallest absolute Gasteiger partial charge is 0.00278 e. The summed E-state index contributed by atoms with van der Waals surface area (Å²) in [6.45, 7) is 10.1. The lowest BCUT2D eigenvalue weighted by molar-refractivity contribution is 0.779. The van der Waals surface area contributed by atoms with Gasteiger partial charge in [-0.2, -0.15) is 0 Å². The summed E-state index contributed by atoms with van der Waals surface area (Å²) in [5.41, 5.74) is 2.50. The van der Waals surface area contributed by atoms with Gasteiger partial charge in [0.05, 0.1) is 0 Å². The fourth-order valence-corrected chi connectivity index (χ4v) is 0.863. The van der Waals surface area contributed by atoms with Crippen LogP contribution in [0.3, 0.4) is 0 Å². The van der Waals surface area contributed by atoms with Crippen LogP contribution >= 0.6 is 0 Å². The Balaban J connectivity index is 4.54. The van der Waals surface area contributed by atoms with Gasteiger partial charge in [0.1, 0.15) is 0 Å². The Hall–Kier alpha value is -0.980. The minimum atomic E-state index is 0.548. The van der Waals surface area contributed by atoms with Gasteiger partial charge in [-0.3, -0.25) is 0 Å². The van der Waals surface area contributed by atoms with Crippen LogP contribution in [0.2, 0.25) is 0 Å². The van der Waals surface area contributed by atoms with Gasteiger partial charge in [-0.05, 0) is 24.6 Å². The topological polar surface area (TPSA) is 12.0 Å². The molecule has 0 aromatic carbocycles. The van der Waals surface area contributed by atoms with Crippen LogP contribution < -0.4 is 5.32 Å². The van der Waals surface area contributed by atoms with Crippen LogP contribution in [0.1, 0.15) is 20.8 Å². The Morgan fingerprint density at radius 1 is 1.42 bits per heavy atom. The summed E-state index contributed by atoms with van der Waals surface area (Å²) < 4.78 is 0. The number of rotatable bonds is 4. The minimum absolute atomic E-state index is 0.548. The Labute approximate surface area is 75.9 Å². The van der Waals surface area contributed by atoms with Crippen molar-refractivity contribution in [3.8, 4) is 0 Å². The summed E-state index contributed by atoms with van der Waals surface area (Å²) >= 11 is 0. The second-order valence-electron chi connectivity index (χ2n) is 3.18. The molecule has 68 valence electrons. The minimum Gasteiger partial charge on any atom is -0.394 e. The number of hydrogen-bond acceptors (Lipinski definition) is 1. The molecule has 0 spiro atoms. The Bertz CT molecular complexity index is 197. The van der Waals surface area contributed by atoms with Gasteiger partial charge in [0.2, 0.25) is 0 Å². The van der Waals surface area contributed by atoms with E-state index in [1.54, 1.807) is 0 Å². The molecule has 0 unspecified atom stereocenters. The van der Waals surface area contributed by atoms with E-state index in [0.717, 1.165) is 0 Å². The molecule has 1 N–H and O–H groups in total. The Morgan fingerprint density at radius 2 is 2.00 bits per heavy atom. The molecule has 0 aromatic heterocycles. The second-order valence-corrected chi connectivity index (χ2v) is 3.18. The highest BCUT2D eigenvalue weighted by molar-refractivity contribution is 5.28. The first kappa shape index (κ1) is 11.0. The maximum Gasteiger partial charge on any atom is 0.00278 e. The lowest BCUT2D eigenvalue weighted by atomic mass is 10.0. The Morgan fingerprint density at radius 3 is 2.33 bits per heavy atom. The summed E-state index contributed by atoms with van der Waals surface area (Å²) in [7, 11) is 1.92. The first-order chi connectivity index (χ1) is 5.61. The maximum atomic E-state index is 3.72. The van der Waals surface area contributed by atoms with Crippen molar-refractivity contribution in [1.29, 1.82) is 0 Å². The average Bonchev–Trinajstić information content (AvgIpc) is 2.03. The van der Waals surface area contributed by atoms with Crippen molar-refractivity contribution in [2.45, 2.75) is 20.8 Å². The van der Waals surface area contributed by atoms with Gasteiger partial charge in [0.25, 0.3) is 0 Å². The van der Waals surface area contributed by atoms with Gasteiger partial charge in [-0.15, -0.1) is 0 Å². The van der Waals surface area contributed by atoms with E-state index in [9.17, 15) is 0 Å². The van der Waals surface area contributed by atoms with Crippen LogP contribution in [0.15, 0.2) is 36.1 Å². The highest BCUT2D eigenvalue weighted by Crippen LogP contribution is 2.12. The van der Waals surface area contributed by atoms with E-state index in [1.165, 1.54) is 11.1 Å². The molecule has 1 heteroatoms. The van der Waals surface area contributed by atoms with E-state index < -0.39 is 0 Å². The summed E-state index contributed by atoms with van der Waals surface area (Å²) in [4.78, 5) is 0. The lowest BCUT2D eigenvalue weighted by Gasteiger charge is -2.06. The van der Waals surface area contributed by atoms with Crippen LogP contribution in [0, 0.1) is 5.92 Å². The highest BCUT2D eigenvalue weighted by Gasteiger charge is 1.98. The van der Waals surface area contributed by atoms with Crippen LogP contribution in [0.4, 0.5) is 0 Å². The summed E-state index contributed by atoms with van der Waals surface area (Å²) in [5.74, 6) is 0.548. The van der Waals surface area contributed by atoms with Crippen molar-refractivity contribution in [2.75, 3.05) is 7.05 Å². The molecular formula is C11H19N. The van der Waals surface area contributed by atoms with Crippen LogP contribution in [-0.2, 0) is 0 Å². The molecule has 1 nitrogen and oxygen atoms in total. The molecule has 0 atom stereocenters. The number of hydrogen-bond donors (Lipinski definition) is 1. The molecule has 0 aliphatic carbocycles. The van der Waals surface area contributed by atoms with Crippen LogP contribution in [0.25, 0.3) is 0 Å². The lowest BCUT2D eigenvalue weighted by Crippen LogP contribution is -2.00. The molecule has 0 saturated carbocycles. The van der Waals surface area contributed by atoms with E-state index in [0.29, 0.717) is 5.92 Å². The third kappa shape index (κ3) is 4.02. The van der Waals surface area contributed by atoms with Crippen molar-refractivity contribution < 1.29 is 0 Å². The quantitative estimate of drug-likeness (QED) is 0.632. The predicted molar refractivity (Wildman–Crippen MR) is 55.9 cm³/mol. The first-order valence-electron chi connectivity index (χ1n) is 4.29. The molecule has 0 aliphatic heterocycles. The second kappa shape index (κ2) is 5.64. The molecule has 0 fully saturated rings. The van der Waals surface area contributed by atoms with E-state index in [4.69, 9.17) is 0 Å². The fraction of sp³-hybridized carbons (Fsp3) is 0.455.